The molecule has 82 valence electrons. The Morgan fingerprint density at radius 1 is 1.47 bits per heavy atom. The number of hydrogen-bond donors (Lipinski definition) is 1. The molecule has 1 aromatic carbocycles. The summed E-state index contributed by atoms with van der Waals surface area (Å²) in [5.41, 5.74) is 2.85. The van der Waals surface area contributed by atoms with Crippen LogP contribution < -0.4 is 4.90 Å². The van der Waals surface area contributed by atoms with Gasteiger partial charge in [0, 0.05) is 29.9 Å². The monoisotopic (exact) mass is 239 g/mol. The van der Waals surface area contributed by atoms with Gasteiger partial charge in [0.25, 0.3) is 0 Å². The van der Waals surface area contributed by atoms with Crippen LogP contribution in [0.25, 0.3) is 0 Å². The van der Waals surface area contributed by atoms with Crippen molar-refractivity contribution in [2.45, 2.75) is 17.7 Å². The number of hydrogen-bond acceptors (Lipinski definition) is 3. The molecule has 15 heavy (non-hydrogen) atoms. The molecule has 0 aromatic heterocycles. The van der Waals surface area contributed by atoms with Crippen LogP contribution in [0.2, 0.25) is 0 Å². The van der Waals surface area contributed by atoms with Crippen molar-refractivity contribution in [3.63, 3.8) is 0 Å². The predicted octanol–water partition coefficient (Wildman–Crippen LogP) is 3.09. The molecular formula is C12H17NS2. The SMILES string of the molecule is CN(CCS)c1ccc2c(c1)CCCS2. The number of benzene rings is 1. The molecule has 2 rings (SSSR count). The summed E-state index contributed by atoms with van der Waals surface area (Å²) in [6, 6.07) is 6.83. The zero-order valence-corrected chi connectivity index (χ0v) is 10.8. The second-order valence-electron chi connectivity index (χ2n) is 3.89. The van der Waals surface area contributed by atoms with Gasteiger partial charge < -0.3 is 4.90 Å². The van der Waals surface area contributed by atoms with E-state index in [9.17, 15) is 0 Å². The van der Waals surface area contributed by atoms with Gasteiger partial charge in [0.2, 0.25) is 0 Å². The second-order valence-corrected chi connectivity index (χ2v) is 5.47. The van der Waals surface area contributed by atoms with Gasteiger partial charge in [-0.1, -0.05) is 0 Å². The maximum absolute atomic E-state index is 4.26. The van der Waals surface area contributed by atoms with E-state index >= 15 is 0 Å². The average molecular weight is 239 g/mol. The van der Waals surface area contributed by atoms with Crippen molar-refractivity contribution >= 4 is 30.1 Å². The molecule has 1 aliphatic heterocycles. The first-order valence-electron chi connectivity index (χ1n) is 5.39. The van der Waals surface area contributed by atoms with Crippen molar-refractivity contribution in [2.75, 3.05) is 30.0 Å². The molecule has 0 atom stereocenters. The van der Waals surface area contributed by atoms with Crippen molar-refractivity contribution < 1.29 is 0 Å². The van der Waals surface area contributed by atoms with Crippen molar-refractivity contribution in [1.29, 1.82) is 0 Å². The van der Waals surface area contributed by atoms with Crippen molar-refractivity contribution in [1.82, 2.24) is 0 Å². The summed E-state index contributed by atoms with van der Waals surface area (Å²) in [7, 11) is 2.13. The van der Waals surface area contributed by atoms with Gasteiger partial charge >= 0.3 is 0 Å². The Bertz CT molecular complexity index is 338. The fraction of sp³-hybridized carbons (Fsp3) is 0.500. The summed E-state index contributed by atoms with van der Waals surface area (Å²) < 4.78 is 0. The van der Waals surface area contributed by atoms with Gasteiger partial charge in [-0.2, -0.15) is 12.6 Å². The molecule has 0 saturated heterocycles. The third-order valence-electron chi connectivity index (χ3n) is 2.77. The Kier molecular flexibility index (Phi) is 3.87. The summed E-state index contributed by atoms with van der Waals surface area (Å²) in [5, 5.41) is 0. The largest absolute Gasteiger partial charge is 0.374 e. The highest BCUT2D eigenvalue weighted by Crippen LogP contribution is 2.32. The molecule has 3 heteroatoms. The van der Waals surface area contributed by atoms with E-state index in [1.807, 2.05) is 11.8 Å². The number of thiol groups is 1. The minimum Gasteiger partial charge on any atom is -0.374 e. The number of fused-ring (bicyclic) bond motifs is 1. The van der Waals surface area contributed by atoms with Crippen molar-refractivity contribution in [2.24, 2.45) is 0 Å². The van der Waals surface area contributed by atoms with E-state index < -0.39 is 0 Å². The van der Waals surface area contributed by atoms with Crippen LogP contribution in [0.5, 0.6) is 0 Å². The van der Waals surface area contributed by atoms with E-state index in [-0.39, 0.29) is 0 Å². The maximum Gasteiger partial charge on any atom is 0.0367 e. The number of rotatable bonds is 3. The first kappa shape index (κ1) is 11.2. The van der Waals surface area contributed by atoms with Gasteiger partial charge in [-0.25, -0.2) is 0 Å². The molecule has 1 nitrogen and oxygen atoms in total. The topological polar surface area (TPSA) is 3.24 Å². The van der Waals surface area contributed by atoms with Crippen LogP contribution in [0, 0.1) is 0 Å². The molecular weight excluding hydrogens is 222 g/mol. The Labute approximate surface area is 102 Å². The highest BCUT2D eigenvalue weighted by molar-refractivity contribution is 7.99. The zero-order valence-electron chi connectivity index (χ0n) is 9.07. The highest BCUT2D eigenvalue weighted by Gasteiger charge is 2.11. The third-order valence-corrected chi connectivity index (χ3v) is 4.17. The van der Waals surface area contributed by atoms with Crippen LogP contribution in [-0.2, 0) is 6.42 Å². The molecule has 0 bridgehead atoms. The lowest BCUT2D eigenvalue weighted by atomic mass is 10.1. The van der Waals surface area contributed by atoms with E-state index in [4.69, 9.17) is 0 Å². The van der Waals surface area contributed by atoms with E-state index in [0.717, 1.165) is 12.3 Å². The summed E-state index contributed by atoms with van der Waals surface area (Å²) in [6.45, 7) is 1.01. The molecule has 0 N–H and O–H groups in total. The van der Waals surface area contributed by atoms with Gasteiger partial charge in [0.05, 0.1) is 0 Å². The molecule has 1 heterocycles. The van der Waals surface area contributed by atoms with Crippen LogP contribution >= 0.6 is 24.4 Å². The van der Waals surface area contributed by atoms with Crippen molar-refractivity contribution in [3.05, 3.63) is 23.8 Å². The molecule has 0 saturated carbocycles. The Morgan fingerprint density at radius 2 is 2.33 bits per heavy atom. The van der Waals surface area contributed by atoms with E-state index in [1.54, 1.807) is 0 Å². The molecule has 0 radical (unpaired) electrons. The summed E-state index contributed by atoms with van der Waals surface area (Å²) in [6.07, 6.45) is 2.56. The number of thioether (sulfide) groups is 1. The minimum atomic E-state index is 0.905. The van der Waals surface area contributed by atoms with Crippen LogP contribution in [0.3, 0.4) is 0 Å². The van der Waals surface area contributed by atoms with E-state index in [0.29, 0.717) is 0 Å². The van der Waals surface area contributed by atoms with Crippen molar-refractivity contribution in [3.8, 4) is 0 Å². The first-order valence-corrected chi connectivity index (χ1v) is 7.01. The van der Waals surface area contributed by atoms with Crippen LogP contribution in [-0.4, -0.2) is 25.1 Å². The standard InChI is InChI=1S/C12H17NS2/c1-13(6-7-14)11-4-5-12-10(9-11)3-2-8-15-12/h4-5,9,14H,2-3,6-8H2,1H3. The molecule has 0 unspecified atom stereocenters. The smallest absolute Gasteiger partial charge is 0.0367 e. The lowest BCUT2D eigenvalue weighted by molar-refractivity contribution is 0.884. The summed E-state index contributed by atoms with van der Waals surface area (Å²) in [5.74, 6) is 2.18. The quantitative estimate of drug-likeness (QED) is 0.808. The van der Waals surface area contributed by atoms with Crippen LogP contribution in [0.1, 0.15) is 12.0 Å². The summed E-state index contributed by atoms with van der Waals surface area (Å²) >= 11 is 6.25. The molecule has 1 aliphatic rings. The lowest BCUT2D eigenvalue weighted by Gasteiger charge is -2.22. The van der Waals surface area contributed by atoms with E-state index in [2.05, 4.69) is 42.8 Å². The van der Waals surface area contributed by atoms with Crippen LogP contribution in [0.4, 0.5) is 5.69 Å². The van der Waals surface area contributed by atoms with Gasteiger partial charge in [-0.05, 0) is 42.4 Å². The fourth-order valence-electron chi connectivity index (χ4n) is 1.86. The molecule has 0 aliphatic carbocycles. The van der Waals surface area contributed by atoms with Gasteiger partial charge in [0.15, 0.2) is 0 Å². The van der Waals surface area contributed by atoms with Gasteiger partial charge in [-0.15, -0.1) is 11.8 Å². The highest BCUT2D eigenvalue weighted by atomic mass is 32.2. The van der Waals surface area contributed by atoms with Gasteiger partial charge in [0.1, 0.15) is 0 Å². The second kappa shape index (κ2) is 5.17. The average Bonchev–Trinajstić information content (AvgIpc) is 2.29. The Morgan fingerprint density at radius 3 is 3.13 bits per heavy atom. The number of anilines is 1. The molecule has 0 amide bonds. The fourth-order valence-corrected chi connectivity index (χ4v) is 3.18. The zero-order chi connectivity index (χ0) is 10.7. The minimum absolute atomic E-state index is 0.905. The normalized spacial score (nSPS) is 14.8. The predicted molar refractivity (Wildman–Crippen MR) is 72.6 cm³/mol. The van der Waals surface area contributed by atoms with E-state index in [1.165, 1.54) is 34.7 Å². The van der Waals surface area contributed by atoms with Crippen LogP contribution in [0.15, 0.2) is 23.1 Å². The molecule has 0 spiro atoms. The summed E-state index contributed by atoms with van der Waals surface area (Å²) in [4.78, 5) is 3.75. The van der Waals surface area contributed by atoms with Gasteiger partial charge in [-0.3, -0.25) is 0 Å². The number of aryl methyl sites for hydroxylation is 1. The Balaban J connectivity index is 2.20. The first-order chi connectivity index (χ1) is 7.31. The Hall–Kier alpha value is -0.280. The molecule has 1 aromatic rings. The lowest BCUT2D eigenvalue weighted by Crippen LogP contribution is -2.19. The third kappa shape index (κ3) is 2.64. The number of nitrogens with zero attached hydrogens (tertiary/aromatic N) is 1. The molecule has 0 fully saturated rings. The maximum atomic E-state index is 4.26.